The van der Waals surface area contributed by atoms with Crippen molar-refractivity contribution in [2.45, 2.75) is 39.2 Å². The fourth-order valence-corrected chi connectivity index (χ4v) is 2.78. The molecule has 126 valence electrons. The average molecular weight is 318 g/mol. The molecule has 1 N–H and O–H groups in total. The van der Waals surface area contributed by atoms with E-state index in [9.17, 15) is 9.59 Å². The number of nitrogens with one attached hydrogen (secondary N) is 1. The molecule has 1 aliphatic rings. The molecule has 0 unspecified atom stereocenters. The molecule has 1 aromatic rings. The van der Waals surface area contributed by atoms with Crippen LogP contribution in [0, 0.1) is 5.92 Å². The molecule has 0 bridgehead atoms. The smallest absolute Gasteiger partial charge is 0.251 e. The van der Waals surface area contributed by atoms with E-state index in [0.717, 1.165) is 12.8 Å². The Morgan fingerprint density at radius 1 is 1.30 bits per heavy atom. The van der Waals surface area contributed by atoms with Crippen LogP contribution in [0.15, 0.2) is 24.3 Å². The minimum atomic E-state index is -0.0872. The van der Waals surface area contributed by atoms with E-state index >= 15 is 0 Å². The molecule has 0 radical (unpaired) electrons. The number of ether oxygens (including phenoxy) is 1. The summed E-state index contributed by atoms with van der Waals surface area (Å²) in [4.78, 5) is 26.3. The standard InChI is InChI=1S/C18H26N2O3/c1-13(2)11-17(21)20-9-7-15(8-10-20)19-18(22)14-5-4-6-16(12-14)23-3/h4-6,12-13,15H,7-11H2,1-3H3,(H,19,22). The Morgan fingerprint density at radius 2 is 2.00 bits per heavy atom. The lowest BCUT2D eigenvalue weighted by Crippen LogP contribution is -2.46. The first-order valence-electron chi connectivity index (χ1n) is 8.22. The van der Waals surface area contributed by atoms with Crippen LogP contribution in [-0.2, 0) is 4.79 Å². The molecule has 0 saturated carbocycles. The lowest BCUT2D eigenvalue weighted by molar-refractivity contribution is -0.133. The van der Waals surface area contributed by atoms with Crippen molar-refractivity contribution in [2.75, 3.05) is 20.2 Å². The summed E-state index contributed by atoms with van der Waals surface area (Å²) in [7, 11) is 1.58. The molecule has 2 amide bonds. The highest BCUT2D eigenvalue weighted by molar-refractivity contribution is 5.94. The van der Waals surface area contributed by atoms with Gasteiger partial charge in [0.25, 0.3) is 5.91 Å². The average Bonchev–Trinajstić information content (AvgIpc) is 2.55. The highest BCUT2D eigenvalue weighted by Gasteiger charge is 2.24. The van der Waals surface area contributed by atoms with Crippen molar-refractivity contribution in [1.82, 2.24) is 10.2 Å². The van der Waals surface area contributed by atoms with E-state index in [0.29, 0.717) is 36.7 Å². The second-order valence-corrected chi connectivity index (χ2v) is 6.46. The Bertz CT molecular complexity index is 549. The Hall–Kier alpha value is -2.04. The van der Waals surface area contributed by atoms with E-state index in [1.54, 1.807) is 25.3 Å². The molecule has 1 aromatic carbocycles. The minimum Gasteiger partial charge on any atom is -0.497 e. The maximum atomic E-state index is 12.3. The largest absolute Gasteiger partial charge is 0.497 e. The molecule has 23 heavy (non-hydrogen) atoms. The van der Waals surface area contributed by atoms with E-state index in [4.69, 9.17) is 4.74 Å². The van der Waals surface area contributed by atoms with E-state index in [1.807, 2.05) is 11.0 Å². The predicted octanol–water partition coefficient (Wildman–Crippen LogP) is 2.46. The van der Waals surface area contributed by atoms with Gasteiger partial charge in [0.15, 0.2) is 0 Å². The zero-order valence-electron chi connectivity index (χ0n) is 14.2. The highest BCUT2D eigenvalue weighted by atomic mass is 16.5. The van der Waals surface area contributed by atoms with Gasteiger partial charge in [-0.15, -0.1) is 0 Å². The molecule has 0 aliphatic carbocycles. The van der Waals surface area contributed by atoms with Crippen LogP contribution in [0.25, 0.3) is 0 Å². The summed E-state index contributed by atoms with van der Waals surface area (Å²) in [6, 6.07) is 7.25. The summed E-state index contributed by atoms with van der Waals surface area (Å²) in [5.74, 6) is 1.19. The molecule has 5 nitrogen and oxygen atoms in total. The summed E-state index contributed by atoms with van der Waals surface area (Å²) in [5.41, 5.74) is 0.600. The number of carbonyl (C=O) groups is 2. The summed E-state index contributed by atoms with van der Waals surface area (Å²) < 4.78 is 5.14. The van der Waals surface area contributed by atoms with Crippen LogP contribution in [0.3, 0.4) is 0 Å². The number of hydrogen-bond donors (Lipinski definition) is 1. The Morgan fingerprint density at radius 3 is 2.61 bits per heavy atom. The van der Waals surface area contributed by atoms with E-state index in [2.05, 4.69) is 19.2 Å². The number of methoxy groups -OCH3 is 1. The van der Waals surface area contributed by atoms with Crippen LogP contribution in [0.1, 0.15) is 43.5 Å². The van der Waals surface area contributed by atoms with Crippen molar-refractivity contribution in [3.05, 3.63) is 29.8 Å². The van der Waals surface area contributed by atoms with Gasteiger partial charge in [0.2, 0.25) is 5.91 Å². The highest BCUT2D eigenvalue weighted by Crippen LogP contribution is 2.16. The van der Waals surface area contributed by atoms with Crippen molar-refractivity contribution in [3.8, 4) is 5.75 Å². The van der Waals surface area contributed by atoms with Crippen molar-refractivity contribution in [2.24, 2.45) is 5.92 Å². The van der Waals surface area contributed by atoms with Gasteiger partial charge in [0.1, 0.15) is 5.75 Å². The number of amides is 2. The third kappa shape index (κ3) is 4.98. The van der Waals surface area contributed by atoms with Gasteiger partial charge in [-0.05, 0) is 37.0 Å². The molecule has 1 heterocycles. The fourth-order valence-electron chi connectivity index (χ4n) is 2.78. The van der Waals surface area contributed by atoms with Gasteiger partial charge in [-0.2, -0.15) is 0 Å². The molecule has 1 fully saturated rings. The van der Waals surface area contributed by atoms with E-state index in [-0.39, 0.29) is 17.9 Å². The molecular weight excluding hydrogens is 292 g/mol. The molecule has 5 heteroatoms. The lowest BCUT2D eigenvalue weighted by Gasteiger charge is -2.32. The molecule has 0 atom stereocenters. The molecule has 2 rings (SSSR count). The van der Waals surface area contributed by atoms with Crippen molar-refractivity contribution in [3.63, 3.8) is 0 Å². The van der Waals surface area contributed by atoms with Gasteiger partial charge in [0, 0.05) is 31.1 Å². The number of carbonyl (C=O) groups excluding carboxylic acids is 2. The second kappa shape index (κ2) is 7.99. The first-order chi connectivity index (χ1) is 11.0. The van der Waals surface area contributed by atoms with Gasteiger partial charge in [-0.1, -0.05) is 19.9 Å². The van der Waals surface area contributed by atoms with Crippen molar-refractivity contribution < 1.29 is 14.3 Å². The lowest BCUT2D eigenvalue weighted by atomic mass is 10.0. The van der Waals surface area contributed by atoms with Crippen LogP contribution in [0.5, 0.6) is 5.75 Å². The maximum Gasteiger partial charge on any atom is 0.251 e. The number of likely N-dealkylation sites (tertiary alicyclic amines) is 1. The van der Waals surface area contributed by atoms with Crippen LogP contribution in [0.2, 0.25) is 0 Å². The SMILES string of the molecule is COc1cccc(C(=O)NC2CCN(C(=O)CC(C)C)CC2)c1. The quantitative estimate of drug-likeness (QED) is 0.907. The third-order valence-corrected chi connectivity index (χ3v) is 4.10. The summed E-state index contributed by atoms with van der Waals surface area (Å²) in [6.45, 7) is 5.54. The van der Waals surface area contributed by atoms with Crippen molar-refractivity contribution in [1.29, 1.82) is 0 Å². The number of piperidine rings is 1. The summed E-state index contributed by atoms with van der Waals surface area (Å²) in [5, 5.41) is 3.05. The Labute approximate surface area is 138 Å². The molecular formula is C18H26N2O3. The normalized spacial score (nSPS) is 15.6. The fraction of sp³-hybridized carbons (Fsp3) is 0.556. The first-order valence-corrected chi connectivity index (χ1v) is 8.22. The monoisotopic (exact) mass is 318 g/mol. The molecule has 0 aromatic heterocycles. The molecule has 1 saturated heterocycles. The van der Waals surface area contributed by atoms with Crippen LogP contribution >= 0.6 is 0 Å². The van der Waals surface area contributed by atoms with E-state index in [1.165, 1.54) is 0 Å². The third-order valence-electron chi connectivity index (χ3n) is 4.10. The zero-order valence-corrected chi connectivity index (χ0v) is 14.2. The van der Waals surface area contributed by atoms with Gasteiger partial charge in [0.05, 0.1) is 7.11 Å². The number of benzene rings is 1. The number of rotatable bonds is 5. The Kier molecular flexibility index (Phi) is 6.02. The summed E-state index contributed by atoms with van der Waals surface area (Å²) >= 11 is 0. The zero-order chi connectivity index (χ0) is 16.8. The van der Waals surface area contributed by atoms with Crippen LogP contribution < -0.4 is 10.1 Å². The predicted molar refractivity (Wildman–Crippen MR) is 89.5 cm³/mol. The number of hydrogen-bond acceptors (Lipinski definition) is 3. The summed E-state index contributed by atoms with van der Waals surface area (Å²) in [6.07, 6.45) is 2.21. The van der Waals surface area contributed by atoms with Crippen LogP contribution in [0.4, 0.5) is 0 Å². The van der Waals surface area contributed by atoms with E-state index < -0.39 is 0 Å². The van der Waals surface area contributed by atoms with Gasteiger partial charge in [-0.3, -0.25) is 9.59 Å². The van der Waals surface area contributed by atoms with Crippen LogP contribution in [-0.4, -0.2) is 43.0 Å². The molecule has 0 spiro atoms. The molecule has 1 aliphatic heterocycles. The first kappa shape index (κ1) is 17.3. The van der Waals surface area contributed by atoms with Crippen molar-refractivity contribution >= 4 is 11.8 Å². The second-order valence-electron chi connectivity index (χ2n) is 6.46. The number of nitrogens with zero attached hydrogens (tertiary/aromatic N) is 1. The minimum absolute atomic E-state index is 0.0872. The van der Waals surface area contributed by atoms with Gasteiger partial charge in [-0.25, -0.2) is 0 Å². The topological polar surface area (TPSA) is 58.6 Å². The Balaban J connectivity index is 1.84. The van der Waals surface area contributed by atoms with Gasteiger partial charge >= 0.3 is 0 Å². The van der Waals surface area contributed by atoms with Gasteiger partial charge < -0.3 is 15.0 Å². The maximum absolute atomic E-state index is 12.3.